The monoisotopic (exact) mass is 265 g/mol. The maximum Gasteiger partial charge on any atom is 0.244 e. The van der Waals surface area contributed by atoms with Gasteiger partial charge in [-0.3, -0.25) is 0 Å². The number of imidazole rings is 1. The van der Waals surface area contributed by atoms with E-state index in [4.69, 9.17) is 15.0 Å². The van der Waals surface area contributed by atoms with Gasteiger partial charge in [0.2, 0.25) is 11.7 Å². The first kappa shape index (κ1) is 13.7. The van der Waals surface area contributed by atoms with E-state index in [2.05, 4.69) is 20.1 Å². The normalized spacial score (nSPS) is 16.2. The van der Waals surface area contributed by atoms with Crippen molar-refractivity contribution in [3.05, 3.63) is 29.9 Å². The van der Waals surface area contributed by atoms with Gasteiger partial charge in [-0.05, 0) is 13.3 Å². The predicted octanol–water partition coefficient (Wildman–Crippen LogP) is 1.31. The summed E-state index contributed by atoms with van der Waals surface area (Å²) in [4.78, 5) is 11.3. The first-order valence-corrected chi connectivity index (χ1v) is 6.21. The van der Waals surface area contributed by atoms with Gasteiger partial charge in [0.25, 0.3) is 0 Å². The van der Waals surface area contributed by atoms with Crippen molar-refractivity contribution in [2.45, 2.75) is 38.3 Å². The number of H-pyrrole nitrogens is 1. The Hall–Kier alpha value is -1.73. The lowest BCUT2D eigenvalue weighted by Crippen LogP contribution is -2.25. The molecule has 19 heavy (non-hydrogen) atoms. The van der Waals surface area contributed by atoms with E-state index in [1.807, 2.05) is 13.8 Å². The quantitative estimate of drug-likeness (QED) is 0.816. The Labute approximate surface area is 111 Å². The zero-order chi connectivity index (χ0) is 13.9. The summed E-state index contributed by atoms with van der Waals surface area (Å²) in [6, 6.07) is -0.361. The standard InChI is InChI=1S/C12H19N5O2/c1-4-12(2,18-3)11-16-10(19-17-11)9(13)5-8-6-14-7-15-8/h6-7,9H,4-5,13H2,1-3H3,(H,14,15)/t9-,12?/m0/s1. The molecule has 0 aliphatic heterocycles. The van der Waals surface area contributed by atoms with Gasteiger partial charge in [0, 0.05) is 25.4 Å². The Morgan fingerprint density at radius 2 is 2.37 bits per heavy atom. The van der Waals surface area contributed by atoms with E-state index in [1.54, 1.807) is 19.6 Å². The molecule has 0 aliphatic carbocycles. The highest BCUT2D eigenvalue weighted by atomic mass is 16.5. The van der Waals surface area contributed by atoms with E-state index < -0.39 is 5.60 Å². The molecule has 2 aromatic heterocycles. The molecule has 2 aromatic rings. The van der Waals surface area contributed by atoms with Gasteiger partial charge in [-0.2, -0.15) is 4.98 Å². The molecule has 0 saturated carbocycles. The molecule has 0 amide bonds. The van der Waals surface area contributed by atoms with E-state index in [9.17, 15) is 0 Å². The van der Waals surface area contributed by atoms with Crippen molar-refractivity contribution in [1.82, 2.24) is 20.1 Å². The molecule has 1 unspecified atom stereocenters. The highest BCUT2D eigenvalue weighted by Crippen LogP contribution is 2.26. The number of methoxy groups -OCH3 is 1. The van der Waals surface area contributed by atoms with E-state index in [0.717, 1.165) is 12.1 Å². The van der Waals surface area contributed by atoms with Crippen molar-refractivity contribution in [2.75, 3.05) is 7.11 Å². The summed E-state index contributed by atoms with van der Waals surface area (Å²) in [5.41, 5.74) is 6.42. The van der Waals surface area contributed by atoms with Gasteiger partial charge in [0.1, 0.15) is 5.60 Å². The van der Waals surface area contributed by atoms with Crippen LogP contribution in [0.2, 0.25) is 0 Å². The fraction of sp³-hybridized carbons (Fsp3) is 0.583. The first-order valence-electron chi connectivity index (χ1n) is 6.21. The largest absolute Gasteiger partial charge is 0.370 e. The zero-order valence-corrected chi connectivity index (χ0v) is 11.4. The van der Waals surface area contributed by atoms with Crippen LogP contribution in [-0.4, -0.2) is 27.2 Å². The molecule has 0 spiro atoms. The van der Waals surface area contributed by atoms with E-state index >= 15 is 0 Å². The third kappa shape index (κ3) is 2.82. The maximum absolute atomic E-state index is 6.04. The number of hydrogen-bond donors (Lipinski definition) is 2. The zero-order valence-electron chi connectivity index (χ0n) is 11.4. The van der Waals surface area contributed by atoms with Crippen molar-refractivity contribution >= 4 is 0 Å². The smallest absolute Gasteiger partial charge is 0.244 e. The lowest BCUT2D eigenvalue weighted by molar-refractivity contribution is -0.0106. The Balaban J connectivity index is 2.12. The number of ether oxygens (including phenoxy) is 1. The number of aromatic nitrogens is 4. The van der Waals surface area contributed by atoms with Crippen LogP contribution in [0.5, 0.6) is 0 Å². The number of aromatic amines is 1. The van der Waals surface area contributed by atoms with Crippen LogP contribution in [0.15, 0.2) is 17.0 Å². The second-order valence-electron chi connectivity index (χ2n) is 4.63. The molecule has 0 fully saturated rings. The maximum atomic E-state index is 6.04. The molecule has 3 N–H and O–H groups in total. The minimum absolute atomic E-state index is 0.361. The van der Waals surface area contributed by atoms with Crippen LogP contribution in [0.3, 0.4) is 0 Å². The summed E-state index contributed by atoms with van der Waals surface area (Å²) in [6.07, 6.45) is 4.65. The average Bonchev–Trinajstić information content (AvgIpc) is 3.08. The second-order valence-corrected chi connectivity index (χ2v) is 4.63. The van der Waals surface area contributed by atoms with Gasteiger partial charge in [0.15, 0.2) is 0 Å². The third-order valence-electron chi connectivity index (χ3n) is 3.35. The second kappa shape index (κ2) is 5.50. The lowest BCUT2D eigenvalue weighted by Gasteiger charge is -2.21. The molecule has 0 aliphatic rings. The fourth-order valence-corrected chi connectivity index (χ4v) is 1.71. The number of nitrogens with one attached hydrogen (secondary N) is 1. The number of nitrogens with two attached hydrogens (primary N) is 1. The summed E-state index contributed by atoms with van der Waals surface area (Å²) in [7, 11) is 1.63. The summed E-state index contributed by atoms with van der Waals surface area (Å²) in [6.45, 7) is 3.92. The van der Waals surface area contributed by atoms with Crippen molar-refractivity contribution in [2.24, 2.45) is 5.73 Å². The van der Waals surface area contributed by atoms with Crippen molar-refractivity contribution in [3.63, 3.8) is 0 Å². The molecular weight excluding hydrogens is 246 g/mol. The van der Waals surface area contributed by atoms with Crippen LogP contribution in [0, 0.1) is 0 Å². The van der Waals surface area contributed by atoms with Gasteiger partial charge in [-0.1, -0.05) is 12.1 Å². The molecule has 2 heterocycles. The molecule has 104 valence electrons. The minimum atomic E-state index is -0.546. The molecule has 0 saturated heterocycles. The highest BCUT2D eigenvalue weighted by Gasteiger charge is 2.31. The van der Waals surface area contributed by atoms with Crippen LogP contribution < -0.4 is 5.73 Å². The Bertz CT molecular complexity index is 504. The van der Waals surface area contributed by atoms with Crippen molar-refractivity contribution in [1.29, 1.82) is 0 Å². The Kier molecular flexibility index (Phi) is 3.96. The molecule has 0 bridgehead atoms. The first-order chi connectivity index (χ1) is 9.09. The van der Waals surface area contributed by atoms with Crippen LogP contribution in [-0.2, 0) is 16.8 Å². The molecule has 7 nitrogen and oxygen atoms in total. The van der Waals surface area contributed by atoms with Crippen molar-refractivity contribution in [3.8, 4) is 0 Å². The van der Waals surface area contributed by atoms with Gasteiger partial charge in [-0.15, -0.1) is 0 Å². The third-order valence-corrected chi connectivity index (χ3v) is 3.35. The van der Waals surface area contributed by atoms with E-state index in [1.165, 1.54) is 0 Å². The summed E-state index contributed by atoms with van der Waals surface area (Å²) in [5, 5.41) is 3.96. The summed E-state index contributed by atoms with van der Waals surface area (Å²) >= 11 is 0. The van der Waals surface area contributed by atoms with Gasteiger partial charge in [-0.25, -0.2) is 4.98 Å². The number of rotatable bonds is 6. The van der Waals surface area contributed by atoms with E-state index in [0.29, 0.717) is 18.1 Å². The van der Waals surface area contributed by atoms with E-state index in [-0.39, 0.29) is 6.04 Å². The fourth-order valence-electron chi connectivity index (χ4n) is 1.71. The van der Waals surface area contributed by atoms with Gasteiger partial charge < -0.3 is 20.0 Å². The molecule has 0 radical (unpaired) electrons. The molecule has 2 rings (SSSR count). The Morgan fingerprint density at radius 1 is 1.58 bits per heavy atom. The average molecular weight is 265 g/mol. The minimum Gasteiger partial charge on any atom is -0.370 e. The lowest BCUT2D eigenvalue weighted by atomic mass is 10.0. The van der Waals surface area contributed by atoms with Crippen LogP contribution in [0.25, 0.3) is 0 Å². The SMILES string of the molecule is CCC(C)(OC)c1noc([C@@H](N)Cc2cnc[nH]2)n1. The summed E-state index contributed by atoms with van der Waals surface area (Å²) in [5.74, 6) is 0.925. The predicted molar refractivity (Wildman–Crippen MR) is 68.2 cm³/mol. The highest BCUT2D eigenvalue weighted by molar-refractivity contribution is 5.05. The van der Waals surface area contributed by atoms with Gasteiger partial charge in [0.05, 0.1) is 12.4 Å². The van der Waals surface area contributed by atoms with Crippen LogP contribution >= 0.6 is 0 Å². The topological polar surface area (TPSA) is 103 Å². The van der Waals surface area contributed by atoms with Crippen molar-refractivity contribution < 1.29 is 9.26 Å². The Morgan fingerprint density at radius 3 is 2.95 bits per heavy atom. The molecular formula is C12H19N5O2. The summed E-state index contributed by atoms with van der Waals surface area (Å²) < 4.78 is 10.7. The molecule has 2 atom stereocenters. The molecule has 0 aromatic carbocycles. The molecule has 7 heteroatoms. The van der Waals surface area contributed by atoms with Crippen LogP contribution in [0.4, 0.5) is 0 Å². The van der Waals surface area contributed by atoms with Gasteiger partial charge >= 0.3 is 0 Å². The number of hydrogen-bond acceptors (Lipinski definition) is 6. The number of nitrogens with zero attached hydrogens (tertiary/aromatic N) is 3. The van der Waals surface area contributed by atoms with Crippen LogP contribution in [0.1, 0.15) is 43.7 Å².